The molecule has 0 radical (unpaired) electrons. The van der Waals surface area contributed by atoms with Crippen molar-refractivity contribution < 1.29 is 33.3 Å². The van der Waals surface area contributed by atoms with Crippen LogP contribution in [-0.2, 0) is 33.3 Å². The lowest BCUT2D eigenvalue weighted by Crippen LogP contribution is -2.59. The van der Waals surface area contributed by atoms with Gasteiger partial charge in [-0.25, -0.2) is 0 Å². The van der Waals surface area contributed by atoms with Gasteiger partial charge in [0.15, 0.2) is 6.10 Å². The van der Waals surface area contributed by atoms with Crippen LogP contribution in [0.4, 0.5) is 0 Å². The molecule has 7 nitrogen and oxygen atoms in total. The molecular formula is C31H46O7. The van der Waals surface area contributed by atoms with E-state index in [-0.39, 0.29) is 52.9 Å². The summed E-state index contributed by atoms with van der Waals surface area (Å²) in [5, 5.41) is 0. The predicted molar refractivity (Wildman–Crippen MR) is 139 cm³/mol. The maximum absolute atomic E-state index is 13.7. The molecule has 6 fully saturated rings. The van der Waals surface area contributed by atoms with E-state index >= 15 is 0 Å². The number of fused-ring (bicyclic) bond motifs is 7. The van der Waals surface area contributed by atoms with Gasteiger partial charge in [-0.2, -0.15) is 0 Å². The molecule has 0 bridgehead atoms. The average Bonchev–Trinajstić information content (AvgIpc) is 3.28. The predicted octanol–water partition coefficient (Wildman–Crippen LogP) is 5.09. The normalized spacial score (nSPS) is 53.5. The van der Waals surface area contributed by atoms with Crippen molar-refractivity contribution in [3.05, 3.63) is 0 Å². The maximum Gasteiger partial charge on any atom is 0.303 e. The first-order valence-corrected chi connectivity index (χ1v) is 15.1. The molecule has 0 N–H and O–H groups in total. The van der Waals surface area contributed by atoms with Gasteiger partial charge in [0, 0.05) is 32.1 Å². The SMILES string of the molecule is CC(=O)OC1C[C@H](C)CO[C@@]12OC1C[C@H]3[C@@H]4CC(=O)[C@H]5C[C@@H](OC(C)=O)CC[C@]5(C)[C@H]4CC[C@]3(C)C1[C@@H]2C. The fourth-order valence-electron chi connectivity index (χ4n) is 10.8. The fraction of sp³-hybridized carbons (Fsp3) is 0.903. The fourth-order valence-corrected chi connectivity index (χ4v) is 10.8. The van der Waals surface area contributed by atoms with Crippen molar-refractivity contribution in [2.24, 2.45) is 52.3 Å². The van der Waals surface area contributed by atoms with Crippen molar-refractivity contribution in [2.75, 3.05) is 6.61 Å². The zero-order valence-corrected chi connectivity index (χ0v) is 24.0. The summed E-state index contributed by atoms with van der Waals surface area (Å²) >= 11 is 0. The zero-order valence-electron chi connectivity index (χ0n) is 24.0. The molecule has 6 rings (SSSR count). The standard InChI is InChI=1S/C31H46O7/c1-16-11-27(37-19(4)33)31(35-15-16)17(2)28-26(38-31)14-23-21-13-25(34)24-12-20(36-18(3)32)7-9-29(24,5)22(21)8-10-30(23,28)6/h16-17,20-24,26-28H,7-15H2,1-6H3/t16-,17-,20-,21+,22-,23-,24+,26?,27?,28?,29+,30-,31-/m0/s1. The molecule has 2 saturated heterocycles. The zero-order chi connectivity index (χ0) is 27.2. The molecule has 4 saturated carbocycles. The van der Waals surface area contributed by atoms with Gasteiger partial charge in [0.2, 0.25) is 5.79 Å². The van der Waals surface area contributed by atoms with Crippen LogP contribution in [0.15, 0.2) is 0 Å². The number of rotatable bonds is 2. The molecule has 0 aromatic rings. The van der Waals surface area contributed by atoms with Crippen LogP contribution in [-0.4, -0.2) is 48.4 Å². The minimum absolute atomic E-state index is 0.00679. The van der Waals surface area contributed by atoms with E-state index < -0.39 is 5.79 Å². The summed E-state index contributed by atoms with van der Waals surface area (Å²) in [6, 6.07) is 0. The highest BCUT2D eigenvalue weighted by molar-refractivity contribution is 5.83. The van der Waals surface area contributed by atoms with Crippen molar-refractivity contribution in [3.8, 4) is 0 Å². The topological polar surface area (TPSA) is 88.1 Å². The lowest BCUT2D eigenvalue weighted by Gasteiger charge is -2.60. The Morgan fingerprint density at radius 1 is 0.921 bits per heavy atom. The van der Waals surface area contributed by atoms with Gasteiger partial charge in [0.25, 0.3) is 0 Å². The van der Waals surface area contributed by atoms with Gasteiger partial charge >= 0.3 is 11.9 Å². The number of carbonyl (C=O) groups excluding carboxylic acids is 3. The number of carbonyl (C=O) groups is 3. The third-order valence-corrected chi connectivity index (χ3v) is 12.3. The number of ether oxygens (including phenoxy) is 4. The molecular weight excluding hydrogens is 484 g/mol. The van der Waals surface area contributed by atoms with Crippen molar-refractivity contribution in [1.29, 1.82) is 0 Å². The summed E-state index contributed by atoms with van der Waals surface area (Å²) in [4.78, 5) is 37.3. The first-order chi connectivity index (χ1) is 17.9. The van der Waals surface area contributed by atoms with E-state index in [0.717, 1.165) is 38.5 Å². The Bertz CT molecular complexity index is 1010. The first kappa shape index (κ1) is 26.7. The Morgan fingerprint density at radius 3 is 2.34 bits per heavy atom. The van der Waals surface area contributed by atoms with Gasteiger partial charge in [0.05, 0.1) is 12.7 Å². The number of Topliss-reactive ketones (excluding diaryl/α,β-unsaturated/α-hetero) is 1. The van der Waals surface area contributed by atoms with Crippen LogP contribution in [0.5, 0.6) is 0 Å². The van der Waals surface area contributed by atoms with E-state index in [4.69, 9.17) is 18.9 Å². The molecule has 7 heteroatoms. The lowest BCUT2D eigenvalue weighted by atomic mass is 9.44. The second kappa shape index (κ2) is 9.02. The van der Waals surface area contributed by atoms with E-state index in [0.29, 0.717) is 54.8 Å². The van der Waals surface area contributed by atoms with Gasteiger partial charge in [0.1, 0.15) is 11.9 Å². The van der Waals surface area contributed by atoms with Crippen molar-refractivity contribution in [2.45, 2.75) is 117 Å². The lowest BCUT2D eigenvalue weighted by molar-refractivity contribution is -0.318. The van der Waals surface area contributed by atoms with Gasteiger partial charge in [-0.1, -0.05) is 27.7 Å². The number of hydrogen-bond donors (Lipinski definition) is 0. The molecule has 2 heterocycles. The highest BCUT2D eigenvalue weighted by Gasteiger charge is 2.71. The Labute approximate surface area is 227 Å². The quantitative estimate of drug-likeness (QED) is 0.460. The summed E-state index contributed by atoms with van der Waals surface area (Å²) < 4.78 is 24.8. The molecule has 13 atom stereocenters. The minimum Gasteiger partial charge on any atom is -0.463 e. The van der Waals surface area contributed by atoms with E-state index in [1.807, 2.05) is 0 Å². The van der Waals surface area contributed by atoms with E-state index in [9.17, 15) is 14.4 Å². The summed E-state index contributed by atoms with van der Waals surface area (Å²) in [6.45, 7) is 12.7. The molecule has 0 aromatic heterocycles. The minimum atomic E-state index is -0.868. The largest absolute Gasteiger partial charge is 0.463 e. The average molecular weight is 531 g/mol. The van der Waals surface area contributed by atoms with Gasteiger partial charge in [-0.15, -0.1) is 0 Å². The highest BCUT2D eigenvalue weighted by Crippen LogP contribution is 2.71. The molecule has 212 valence electrons. The second-order valence-corrected chi connectivity index (χ2v) is 14.3. The summed E-state index contributed by atoms with van der Waals surface area (Å²) in [7, 11) is 0. The third kappa shape index (κ3) is 3.77. The molecule has 3 unspecified atom stereocenters. The Morgan fingerprint density at radius 2 is 1.63 bits per heavy atom. The van der Waals surface area contributed by atoms with Crippen LogP contribution in [0, 0.1) is 52.3 Å². The molecule has 38 heavy (non-hydrogen) atoms. The van der Waals surface area contributed by atoms with Crippen LogP contribution in [0.25, 0.3) is 0 Å². The summed E-state index contributed by atoms with van der Waals surface area (Å²) in [5.41, 5.74) is 0.0484. The van der Waals surface area contributed by atoms with Gasteiger partial charge < -0.3 is 18.9 Å². The summed E-state index contributed by atoms with van der Waals surface area (Å²) in [5.74, 6) is 1.06. The smallest absolute Gasteiger partial charge is 0.303 e. The summed E-state index contributed by atoms with van der Waals surface area (Å²) in [6.07, 6.45) is 6.64. The number of esters is 2. The number of ketones is 1. The monoisotopic (exact) mass is 530 g/mol. The van der Waals surface area contributed by atoms with Crippen LogP contribution >= 0.6 is 0 Å². The van der Waals surface area contributed by atoms with Crippen molar-refractivity contribution >= 4 is 17.7 Å². The van der Waals surface area contributed by atoms with E-state index in [1.54, 1.807) is 0 Å². The van der Waals surface area contributed by atoms with Crippen LogP contribution in [0.1, 0.15) is 92.9 Å². The number of hydrogen-bond acceptors (Lipinski definition) is 7. The van der Waals surface area contributed by atoms with Crippen LogP contribution in [0.2, 0.25) is 0 Å². The Kier molecular flexibility index (Phi) is 6.35. The molecule has 6 aliphatic rings. The Balaban J connectivity index is 1.25. The van der Waals surface area contributed by atoms with Gasteiger partial charge in [-0.3, -0.25) is 14.4 Å². The first-order valence-electron chi connectivity index (χ1n) is 15.1. The molecule has 0 amide bonds. The van der Waals surface area contributed by atoms with Gasteiger partial charge in [-0.05, 0) is 85.4 Å². The van der Waals surface area contributed by atoms with E-state index in [2.05, 4.69) is 27.7 Å². The van der Waals surface area contributed by atoms with Crippen LogP contribution < -0.4 is 0 Å². The van der Waals surface area contributed by atoms with Crippen molar-refractivity contribution in [1.82, 2.24) is 0 Å². The molecule has 2 aliphatic heterocycles. The molecule has 4 aliphatic carbocycles. The Hall–Kier alpha value is -1.47. The van der Waals surface area contributed by atoms with Crippen molar-refractivity contribution in [3.63, 3.8) is 0 Å². The second-order valence-electron chi connectivity index (χ2n) is 14.3. The third-order valence-electron chi connectivity index (χ3n) is 12.3. The maximum atomic E-state index is 13.7. The molecule has 1 spiro atoms. The highest BCUT2D eigenvalue weighted by atomic mass is 16.7. The van der Waals surface area contributed by atoms with E-state index in [1.165, 1.54) is 13.8 Å². The molecule has 0 aromatic carbocycles. The van der Waals surface area contributed by atoms with Crippen LogP contribution in [0.3, 0.4) is 0 Å².